The van der Waals surface area contributed by atoms with Crippen LogP contribution in [0.1, 0.15) is 25.7 Å². The second-order valence-corrected chi connectivity index (χ2v) is 6.15. The molecule has 1 unspecified atom stereocenters. The van der Waals surface area contributed by atoms with Crippen molar-refractivity contribution in [3.05, 3.63) is 30.5 Å². The van der Waals surface area contributed by atoms with E-state index in [1.165, 1.54) is 25.7 Å². The number of phenols is 1. The van der Waals surface area contributed by atoms with E-state index in [1.54, 1.807) is 6.07 Å². The second kappa shape index (κ2) is 6.00. The minimum atomic E-state index is 0.308. The lowest BCUT2D eigenvalue weighted by Gasteiger charge is -2.26. The topological polar surface area (TPSA) is 36.4 Å². The summed E-state index contributed by atoms with van der Waals surface area (Å²) in [6.07, 6.45) is 6.72. The molecule has 1 N–H and O–H groups in total. The van der Waals surface area contributed by atoms with Gasteiger partial charge in [-0.15, -0.1) is 0 Å². The van der Waals surface area contributed by atoms with Gasteiger partial charge in [0.1, 0.15) is 11.6 Å². The summed E-state index contributed by atoms with van der Waals surface area (Å²) in [5, 5.41) is 13.0. The van der Waals surface area contributed by atoms with E-state index in [1.807, 2.05) is 24.4 Å². The quantitative estimate of drug-likeness (QED) is 0.855. The Morgan fingerprint density at radius 3 is 3.10 bits per heavy atom. The highest BCUT2D eigenvalue weighted by molar-refractivity contribution is 9.09. The molecule has 1 aromatic carbocycles. The molecule has 3 nitrogen and oxygen atoms in total. The predicted molar refractivity (Wildman–Crippen MR) is 86.8 cm³/mol. The summed E-state index contributed by atoms with van der Waals surface area (Å²) >= 11 is 3.51. The average molecular weight is 335 g/mol. The van der Waals surface area contributed by atoms with Crippen LogP contribution < -0.4 is 4.90 Å². The van der Waals surface area contributed by atoms with Gasteiger partial charge < -0.3 is 10.0 Å². The molecule has 0 saturated carbocycles. The maximum atomic E-state index is 9.75. The van der Waals surface area contributed by atoms with Gasteiger partial charge in [0.25, 0.3) is 0 Å². The van der Waals surface area contributed by atoms with Crippen LogP contribution in [0.25, 0.3) is 10.8 Å². The Morgan fingerprint density at radius 2 is 2.25 bits per heavy atom. The molecule has 0 bridgehead atoms. The lowest BCUT2D eigenvalue weighted by molar-refractivity contribution is 0.476. The van der Waals surface area contributed by atoms with Gasteiger partial charge in [-0.3, -0.25) is 0 Å². The molecular formula is C16H19BrN2O. The predicted octanol–water partition coefficient (Wildman–Crippen LogP) is 4.08. The molecule has 0 radical (unpaired) electrons. The molecule has 4 heteroatoms. The van der Waals surface area contributed by atoms with E-state index in [4.69, 9.17) is 0 Å². The van der Waals surface area contributed by atoms with Crippen molar-refractivity contribution in [3.8, 4) is 5.75 Å². The highest BCUT2D eigenvalue weighted by Crippen LogP contribution is 2.33. The molecule has 1 fully saturated rings. The molecule has 0 amide bonds. The number of rotatable bonds is 4. The molecule has 0 spiro atoms. The van der Waals surface area contributed by atoms with Gasteiger partial charge >= 0.3 is 0 Å². The number of hydrogen-bond donors (Lipinski definition) is 1. The first-order chi connectivity index (χ1) is 9.79. The van der Waals surface area contributed by atoms with E-state index in [0.717, 1.165) is 28.5 Å². The SMILES string of the molecule is Oc1ccc2ccnc(N3CCCC3CCCBr)c2c1. The van der Waals surface area contributed by atoms with Crippen molar-refractivity contribution in [3.63, 3.8) is 0 Å². The number of nitrogens with zero attached hydrogens (tertiary/aromatic N) is 2. The normalized spacial score (nSPS) is 18.9. The second-order valence-electron chi connectivity index (χ2n) is 5.36. The standard InChI is InChI=1S/C16H19BrN2O/c17-8-1-3-13-4-2-10-19(13)16-15-11-14(20)6-5-12(15)7-9-18-16/h5-7,9,11,13,20H,1-4,8,10H2. The summed E-state index contributed by atoms with van der Waals surface area (Å²) in [6.45, 7) is 1.06. The molecule has 1 aromatic heterocycles. The highest BCUT2D eigenvalue weighted by atomic mass is 79.9. The van der Waals surface area contributed by atoms with Crippen LogP contribution in [-0.4, -0.2) is 28.0 Å². The van der Waals surface area contributed by atoms with Crippen LogP contribution >= 0.6 is 15.9 Å². The van der Waals surface area contributed by atoms with Crippen molar-refractivity contribution in [1.29, 1.82) is 0 Å². The molecule has 0 aliphatic carbocycles. The van der Waals surface area contributed by atoms with E-state index >= 15 is 0 Å². The molecule has 106 valence electrons. The Labute approximate surface area is 127 Å². The fourth-order valence-corrected chi connectivity index (χ4v) is 3.42. The van der Waals surface area contributed by atoms with Gasteiger partial charge in [0, 0.05) is 29.5 Å². The summed E-state index contributed by atoms with van der Waals surface area (Å²) in [5.41, 5.74) is 0. The van der Waals surface area contributed by atoms with Crippen molar-refractivity contribution in [2.24, 2.45) is 0 Å². The summed E-state index contributed by atoms with van der Waals surface area (Å²) in [5.74, 6) is 1.33. The van der Waals surface area contributed by atoms with Crippen molar-refractivity contribution in [2.75, 3.05) is 16.8 Å². The van der Waals surface area contributed by atoms with Gasteiger partial charge in [-0.05, 0) is 49.3 Å². The number of hydrogen-bond acceptors (Lipinski definition) is 3. The minimum absolute atomic E-state index is 0.308. The van der Waals surface area contributed by atoms with Crippen LogP contribution in [0, 0.1) is 0 Å². The number of aromatic hydroxyl groups is 1. The highest BCUT2D eigenvalue weighted by Gasteiger charge is 2.26. The minimum Gasteiger partial charge on any atom is -0.508 e. The van der Waals surface area contributed by atoms with Crippen LogP contribution in [-0.2, 0) is 0 Å². The average Bonchev–Trinajstić information content (AvgIpc) is 2.92. The number of pyridine rings is 1. The Hall–Kier alpha value is -1.29. The zero-order chi connectivity index (χ0) is 13.9. The lowest BCUT2D eigenvalue weighted by Crippen LogP contribution is -2.30. The molecule has 1 aliphatic rings. The Morgan fingerprint density at radius 1 is 1.35 bits per heavy atom. The Balaban J connectivity index is 1.98. The number of anilines is 1. The molecule has 1 saturated heterocycles. The molecule has 1 aliphatic heterocycles. The number of fused-ring (bicyclic) bond motifs is 1. The van der Waals surface area contributed by atoms with Crippen LogP contribution in [0.4, 0.5) is 5.82 Å². The van der Waals surface area contributed by atoms with Crippen molar-refractivity contribution < 1.29 is 5.11 Å². The van der Waals surface area contributed by atoms with Crippen LogP contribution in [0.2, 0.25) is 0 Å². The fourth-order valence-electron chi connectivity index (χ4n) is 3.10. The third kappa shape index (κ3) is 2.62. The van der Waals surface area contributed by atoms with Crippen LogP contribution in [0.3, 0.4) is 0 Å². The number of benzene rings is 1. The Kier molecular flexibility index (Phi) is 4.10. The first-order valence-electron chi connectivity index (χ1n) is 7.20. The summed E-state index contributed by atoms with van der Waals surface area (Å²) in [6, 6.07) is 8.10. The lowest BCUT2D eigenvalue weighted by atomic mass is 10.1. The van der Waals surface area contributed by atoms with Gasteiger partial charge in [-0.2, -0.15) is 0 Å². The van der Waals surface area contributed by atoms with E-state index in [9.17, 15) is 5.11 Å². The zero-order valence-corrected chi connectivity index (χ0v) is 13.0. The van der Waals surface area contributed by atoms with Crippen molar-refractivity contribution in [2.45, 2.75) is 31.7 Å². The number of phenolic OH excluding ortho intramolecular Hbond substituents is 1. The first kappa shape index (κ1) is 13.7. The summed E-state index contributed by atoms with van der Waals surface area (Å²) < 4.78 is 0. The van der Waals surface area contributed by atoms with E-state index < -0.39 is 0 Å². The number of alkyl halides is 1. The van der Waals surface area contributed by atoms with Crippen molar-refractivity contribution in [1.82, 2.24) is 4.98 Å². The smallest absolute Gasteiger partial charge is 0.136 e. The van der Waals surface area contributed by atoms with Gasteiger partial charge in [0.15, 0.2) is 0 Å². The van der Waals surface area contributed by atoms with Gasteiger partial charge in [0.05, 0.1) is 0 Å². The van der Waals surface area contributed by atoms with Gasteiger partial charge in [-0.25, -0.2) is 4.98 Å². The summed E-state index contributed by atoms with van der Waals surface area (Å²) in [4.78, 5) is 7.01. The fraction of sp³-hybridized carbons (Fsp3) is 0.438. The Bertz CT molecular complexity index is 602. The molecule has 20 heavy (non-hydrogen) atoms. The molecular weight excluding hydrogens is 316 g/mol. The van der Waals surface area contributed by atoms with Crippen molar-refractivity contribution >= 4 is 32.5 Å². The van der Waals surface area contributed by atoms with Crippen LogP contribution in [0.15, 0.2) is 30.5 Å². The van der Waals surface area contributed by atoms with E-state index in [-0.39, 0.29) is 0 Å². The number of halogens is 1. The maximum Gasteiger partial charge on any atom is 0.136 e. The third-order valence-corrected chi connectivity index (χ3v) is 4.61. The number of aromatic nitrogens is 1. The zero-order valence-electron chi connectivity index (χ0n) is 11.4. The first-order valence-corrected chi connectivity index (χ1v) is 8.32. The van der Waals surface area contributed by atoms with Crippen LogP contribution in [0.5, 0.6) is 5.75 Å². The van der Waals surface area contributed by atoms with E-state index in [2.05, 4.69) is 25.8 Å². The van der Waals surface area contributed by atoms with Gasteiger partial charge in [-0.1, -0.05) is 22.0 Å². The molecule has 2 heterocycles. The molecule has 2 aromatic rings. The largest absolute Gasteiger partial charge is 0.508 e. The van der Waals surface area contributed by atoms with Gasteiger partial charge in [0.2, 0.25) is 0 Å². The maximum absolute atomic E-state index is 9.75. The third-order valence-electron chi connectivity index (χ3n) is 4.05. The summed E-state index contributed by atoms with van der Waals surface area (Å²) in [7, 11) is 0. The molecule has 1 atom stereocenters. The molecule has 3 rings (SSSR count). The van der Waals surface area contributed by atoms with E-state index in [0.29, 0.717) is 11.8 Å². The monoisotopic (exact) mass is 334 g/mol.